The Kier molecular flexibility index (Phi) is 4.48. The van der Waals surface area contributed by atoms with Crippen LogP contribution >= 0.6 is 22.6 Å². The van der Waals surface area contributed by atoms with Crippen LogP contribution in [-0.2, 0) is 0 Å². The smallest absolute Gasteiger partial charge is 0.222 e. The first-order valence-corrected chi connectivity index (χ1v) is 6.62. The fourth-order valence-corrected chi connectivity index (χ4v) is 2.22. The third kappa shape index (κ3) is 3.29. The largest absolute Gasteiger partial charge is 0.395 e. The number of anilines is 3. The highest BCUT2D eigenvalue weighted by Gasteiger charge is 2.15. The second-order valence-electron chi connectivity index (χ2n) is 3.73. The topological polar surface area (TPSA) is 75.3 Å². The number of benzene rings is 1. The molecule has 0 spiro atoms. The van der Waals surface area contributed by atoms with Crippen molar-refractivity contribution in [1.82, 2.24) is 9.97 Å². The molecule has 1 aromatic heterocycles. The molecular weight excluding hydrogens is 362 g/mol. The fraction of sp³-hybridized carbons (Fsp3) is 0.167. The van der Waals surface area contributed by atoms with Crippen LogP contribution in [0.25, 0.3) is 0 Å². The summed E-state index contributed by atoms with van der Waals surface area (Å²) in [6, 6.07) is 7.98. The van der Waals surface area contributed by atoms with Gasteiger partial charge in [0, 0.05) is 12.6 Å². The zero-order valence-corrected chi connectivity index (χ0v) is 12.1. The Bertz CT molecular complexity index is 561. The Balaban J connectivity index is 2.48. The zero-order valence-electron chi connectivity index (χ0n) is 9.92. The van der Waals surface area contributed by atoms with E-state index in [1.54, 1.807) is 29.2 Å². The van der Waals surface area contributed by atoms with Crippen molar-refractivity contribution in [3.05, 3.63) is 39.8 Å². The molecule has 1 aromatic carbocycles. The molecule has 0 bridgehead atoms. The Labute approximate surface area is 123 Å². The van der Waals surface area contributed by atoms with Crippen molar-refractivity contribution in [1.29, 1.82) is 0 Å². The van der Waals surface area contributed by atoms with E-state index in [1.165, 1.54) is 6.07 Å². The summed E-state index contributed by atoms with van der Waals surface area (Å²) in [5.41, 5.74) is 5.94. The van der Waals surface area contributed by atoms with E-state index < -0.39 is 0 Å². The number of aromatic nitrogens is 2. The molecule has 7 heteroatoms. The zero-order chi connectivity index (χ0) is 13.8. The molecule has 2 aromatic rings. The molecule has 3 N–H and O–H groups in total. The number of rotatable bonds is 4. The lowest BCUT2D eigenvalue weighted by atomic mass is 10.2. The van der Waals surface area contributed by atoms with E-state index in [1.807, 2.05) is 22.6 Å². The van der Waals surface area contributed by atoms with Gasteiger partial charge in [0.25, 0.3) is 0 Å². The first-order chi connectivity index (χ1) is 9.11. The van der Waals surface area contributed by atoms with Crippen LogP contribution < -0.4 is 10.6 Å². The van der Waals surface area contributed by atoms with Gasteiger partial charge in [0.05, 0.1) is 12.3 Å². The van der Waals surface area contributed by atoms with Gasteiger partial charge in [-0.3, -0.25) is 0 Å². The average Bonchev–Trinajstić information content (AvgIpc) is 2.36. The molecule has 0 unspecified atom stereocenters. The number of hydrogen-bond acceptors (Lipinski definition) is 5. The number of nitrogens with two attached hydrogens (primary N) is 1. The normalized spacial score (nSPS) is 10.5. The standard InChI is InChI=1S/C12H12FIN4O/c13-8-3-1-2-4-9(8)18(5-6-19)11-7-10(14)16-12(15)17-11/h1-4,7,19H,5-6H2,(H2,15,16,17). The molecule has 0 aliphatic heterocycles. The summed E-state index contributed by atoms with van der Waals surface area (Å²) >= 11 is 2.01. The van der Waals surface area contributed by atoms with E-state index in [9.17, 15) is 4.39 Å². The second-order valence-corrected chi connectivity index (χ2v) is 4.84. The van der Waals surface area contributed by atoms with Crippen LogP contribution in [0.5, 0.6) is 0 Å². The van der Waals surface area contributed by atoms with Crippen LogP contribution in [0.1, 0.15) is 0 Å². The average molecular weight is 374 g/mol. The molecule has 1 heterocycles. The number of para-hydroxylation sites is 1. The van der Waals surface area contributed by atoms with Crippen LogP contribution in [0.2, 0.25) is 0 Å². The monoisotopic (exact) mass is 374 g/mol. The summed E-state index contributed by atoms with van der Waals surface area (Å²) in [5.74, 6) is 0.181. The summed E-state index contributed by atoms with van der Waals surface area (Å²) in [7, 11) is 0. The Morgan fingerprint density at radius 1 is 1.32 bits per heavy atom. The van der Waals surface area contributed by atoms with Crippen molar-refractivity contribution < 1.29 is 9.50 Å². The minimum absolute atomic E-state index is 0.112. The van der Waals surface area contributed by atoms with Crippen molar-refractivity contribution in [3.8, 4) is 0 Å². The van der Waals surface area contributed by atoms with Gasteiger partial charge in [0.15, 0.2) is 0 Å². The Morgan fingerprint density at radius 3 is 2.68 bits per heavy atom. The molecule has 0 aliphatic rings. The van der Waals surface area contributed by atoms with Crippen LogP contribution in [-0.4, -0.2) is 28.2 Å². The lowest BCUT2D eigenvalue weighted by Gasteiger charge is -2.23. The van der Waals surface area contributed by atoms with Crippen molar-refractivity contribution in [2.45, 2.75) is 0 Å². The van der Waals surface area contributed by atoms with Gasteiger partial charge in [-0.2, -0.15) is 4.98 Å². The van der Waals surface area contributed by atoms with E-state index in [2.05, 4.69) is 9.97 Å². The summed E-state index contributed by atoms with van der Waals surface area (Å²) in [5, 5.41) is 9.15. The first kappa shape index (κ1) is 13.9. The van der Waals surface area contributed by atoms with Crippen LogP contribution in [0.4, 0.5) is 21.8 Å². The maximum Gasteiger partial charge on any atom is 0.222 e. The van der Waals surface area contributed by atoms with E-state index in [0.29, 0.717) is 15.2 Å². The third-order valence-corrected chi connectivity index (χ3v) is 2.99. The summed E-state index contributed by atoms with van der Waals surface area (Å²) in [6.45, 7) is 0.0856. The molecule has 19 heavy (non-hydrogen) atoms. The molecule has 0 saturated carbocycles. The number of nitrogens with zero attached hydrogens (tertiary/aromatic N) is 3. The molecule has 0 aliphatic carbocycles. The van der Waals surface area contributed by atoms with Gasteiger partial charge in [0.1, 0.15) is 15.3 Å². The van der Waals surface area contributed by atoms with E-state index in [4.69, 9.17) is 10.8 Å². The predicted octanol–water partition coefficient (Wildman–Crippen LogP) is 1.93. The minimum atomic E-state index is -0.386. The van der Waals surface area contributed by atoms with Gasteiger partial charge in [-0.15, -0.1) is 0 Å². The van der Waals surface area contributed by atoms with Crippen LogP contribution in [0.15, 0.2) is 30.3 Å². The van der Waals surface area contributed by atoms with Gasteiger partial charge in [-0.25, -0.2) is 9.37 Å². The lowest BCUT2D eigenvalue weighted by Crippen LogP contribution is -2.23. The van der Waals surface area contributed by atoms with Gasteiger partial charge in [-0.1, -0.05) is 12.1 Å². The quantitative estimate of drug-likeness (QED) is 0.632. The fourth-order valence-electron chi connectivity index (χ4n) is 1.69. The molecule has 5 nitrogen and oxygen atoms in total. The highest BCUT2D eigenvalue weighted by molar-refractivity contribution is 14.1. The number of aliphatic hydroxyl groups excluding tert-OH is 1. The summed E-state index contributed by atoms with van der Waals surface area (Å²) in [4.78, 5) is 9.61. The minimum Gasteiger partial charge on any atom is -0.395 e. The van der Waals surface area contributed by atoms with Crippen LogP contribution in [0, 0.1) is 9.52 Å². The van der Waals surface area contributed by atoms with Crippen molar-refractivity contribution in [3.63, 3.8) is 0 Å². The van der Waals surface area contributed by atoms with Gasteiger partial charge >= 0.3 is 0 Å². The molecule has 100 valence electrons. The van der Waals surface area contributed by atoms with Crippen molar-refractivity contribution in [2.24, 2.45) is 0 Å². The number of hydrogen-bond donors (Lipinski definition) is 2. The third-order valence-electron chi connectivity index (χ3n) is 2.44. The molecule has 2 rings (SSSR count). The number of halogens is 2. The maximum atomic E-state index is 13.8. The Hall–Kier alpha value is -1.48. The first-order valence-electron chi connectivity index (χ1n) is 5.55. The second kappa shape index (κ2) is 6.11. The van der Waals surface area contributed by atoms with Crippen LogP contribution in [0.3, 0.4) is 0 Å². The van der Waals surface area contributed by atoms with E-state index in [0.717, 1.165) is 0 Å². The lowest BCUT2D eigenvalue weighted by molar-refractivity contribution is 0.305. The highest BCUT2D eigenvalue weighted by atomic mass is 127. The molecule has 0 amide bonds. The molecule has 0 fully saturated rings. The van der Waals surface area contributed by atoms with Gasteiger partial charge in [-0.05, 0) is 34.7 Å². The molecule has 0 atom stereocenters. The summed E-state index contributed by atoms with van der Waals surface area (Å²) in [6.07, 6.45) is 0. The highest BCUT2D eigenvalue weighted by Crippen LogP contribution is 2.27. The van der Waals surface area contributed by atoms with E-state index in [-0.39, 0.29) is 24.9 Å². The number of aliphatic hydroxyl groups is 1. The predicted molar refractivity (Wildman–Crippen MR) is 79.7 cm³/mol. The van der Waals surface area contributed by atoms with E-state index >= 15 is 0 Å². The molecule has 0 radical (unpaired) electrons. The molecular formula is C12H12FIN4O. The van der Waals surface area contributed by atoms with Crippen molar-refractivity contribution in [2.75, 3.05) is 23.8 Å². The van der Waals surface area contributed by atoms with Crippen molar-refractivity contribution >= 4 is 40.0 Å². The number of nitrogen functional groups attached to an aromatic ring is 1. The van der Waals surface area contributed by atoms with Gasteiger partial charge < -0.3 is 15.7 Å². The maximum absolute atomic E-state index is 13.8. The molecule has 0 saturated heterocycles. The SMILES string of the molecule is Nc1nc(I)cc(N(CCO)c2ccccc2F)n1. The van der Waals surface area contributed by atoms with Gasteiger partial charge in [0.2, 0.25) is 5.95 Å². The Morgan fingerprint density at radius 2 is 2.05 bits per heavy atom. The summed E-state index contributed by atoms with van der Waals surface area (Å²) < 4.78 is 14.5.